The highest BCUT2D eigenvalue weighted by atomic mass is 32.1. The molecule has 2 N–H and O–H groups in total. The molecule has 0 saturated heterocycles. The predicted molar refractivity (Wildman–Crippen MR) is 66.5 cm³/mol. The van der Waals surface area contributed by atoms with Gasteiger partial charge < -0.3 is 5.73 Å². The van der Waals surface area contributed by atoms with Crippen molar-refractivity contribution in [2.75, 3.05) is 5.73 Å². The summed E-state index contributed by atoms with van der Waals surface area (Å²) in [5.41, 5.74) is 9.52. The van der Waals surface area contributed by atoms with E-state index in [1.54, 1.807) is 17.7 Å². The minimum Gasteiger partial charge on any atom is -0.383 e. The normalized spacial score (nSPS) is 16.6. The fourth-order valence-electron chi connectivity index (χ4n) is 2.49. The summed E-state index contributed by atoms with van der Waals surface area (Å²) in [5.74, 6) is 0.619. The number of nitrogens with two attached hydrogens (primary N) is 1. The van der Waals surface area contributed by atoms with Crippen LogP contribution in [0.5, 0.6) is 0 Å². The van der Waals surface area contributed by atoms with Gasteiger partial charge in [-0.05, 0) is 28.8 Å². The van der Waals surface area contributed by atoms with Gasteiger partial charge in [0.25, 0.3) is 0 Å². The molecule has 4 heteroatoms. The molecule has 2 aromatic heterocycles. The summed E-state index contributed by atoms with van der Waals surface area (Å²) in [6.45, 7) is 4.40. The molecule has 0 fully saturated rings. The summed E-state index contributed by atoms with van der Waals surface area (Å²) >= 11 is 1.73. The van der Waals surface area contributed by atoms with Crippen LogP contribution in [0.1, 0.15) is 25.0 Å². The minimum atomic E-state index is 0.0226. The van der Waals surface area contributed by atoms with Crippen LogP contribution in [-0.2, 0) is 11.8 Å². The molecule has 3 rings (SSSR count). The van der Waals surface area contributed by atoms with Crippen LogP contribution in [0, 0.1) is 0 Å². The minimum absolute atomic E-state index is 0.0226. The summed E-state index contributed by atoms with van der Waals surface area (Å²) in [5, 5.41) is 2.12. The topological polar surface area (TPSA) is 51.8 Å². The van der Waals surface area contributed by atoms with Crippen LogP contribution in [0.3, 0.4) is 0 Å². The zero-order chi connectivity index (χ0) is 11.3. The Bertz CT molecular complexity index is 557. The number of hydrogen-bond donors (Lipinski definition) is 1. The molecule has 0 unspecified atom stereocenters. The van der Waals surface area contributed by atoms with Gasteiger partial charge in [-0.2, -0.15) is 0 Å². The molecule has 1 aliphatic carbocycles. The SMILES string of the molecule is CC1(C)Cc2ccsc2-c2ncnc(N)c21. The van der Waals surface area contributed by atoms with E-state index in [0.717, 1.165) is 17.7 Å². The summed E-state index contributed by atoms with van der Waals surface area (Å²) < 4.78 is 0. The van der Waals surface area contributed by atoms with Crippen LogP contribution in [-0.4, -0.2) is 9.97 Å². The fraction of sp³-hybridized carbons (Fsp3) is 0.333. The molecule has 0 aromatic carbocycles. The monoisotopic (exact) mass is 231 g/mol. The van der Waals surface area contributed by atoms with E-state index in [-0.39, 0.29) is 5.41 Å². The average molecular weight is 231 g/mol. The van der Waals surface area contributed by atoms with Gasteiger partial charge in [-0.15, -0.1) is 11.3 Å². The lowest BCUT2D eigenvalue weighted by atomic mass is 9.74. The van der Waals surface area contributed by atoms with Crippen LogP contribution in [0.25, 0.3) is 10.6 Å². The maximum Gasteiger partial charge on any atom is 0.131 e. The quantitative estimate of drug-likeness (QED) is 0.758. The molecular formula is C12H13N3S. The van der Waals surface area contributed by atoms with Gasteiger partial charge in [0.2, 0.25) is 0 Å². The molecule has 2 heterocycles. The molecule has 3 nitrogen and oxygen atoms in total. The Labute approximate surface area is 98.4 Å². The Hall–Kier alpha value is -1.42. The van der Waals surface area contributed by atoms with Crippen molar-refractivity contribution in [2.45, 2.75) is 25.7 Å². The standard InChI is InChI=1S/C12H13N3S/c1-12(2)5-7-3-4-16-10(7)9-8(12)11(13)15-6-14-9/h3-4,6H,5H2,1-2H3,(H2,13,14,15). The largest absolute Gasteiger partial charge is 0.383 e. The molecule has 0 radical (unpaired) electrons. The van der Waals surface area contributed by atoms with E-state index in [1.165, 1.54) is 10.4 Å². The number of fused-ring (bicyclic) bond motifs is 3. The first-order valence-electron chi connectivity index (χ1n) is 5.27. The van der Waals surface area contributed by atoms with Crippen molar-refractivity contribution in [1.29, 1.82) is 0 Å². The van der Waals surface area contributed by atoms with Crippen molar-refractivity contribution >= 4 is 17.2 Å². The first-order valence-corrected chi connectivity index (χ1v) is 6.15. The van der Waals surface area contributed by atoms with Gasteiger partial charge in [-0.1, -0.05) is 13.8 Å². The zero-order valence-electron chi connectivity index (χ0n) is 9.32. The number of rotatable bonds is 0. The summed E-state index contributed by atoms with van der Waals surface area (Å²) in [7, 11) is 0. The van der Waals surface area contributed by atoms with Crippen LogP contribution in [0.2, 0.25) is 0 Å². The van der Waals surface area contributed by atoms with E-state index in [4.69, 9.17) is 5.73 Å². The second kappa shape index (κ2) is 3.04. The van der Waals surface area contributed by atoms with Crippen molar-refractivity contribution < 1.29 is 0 Å². The molecule has 0 amide bonds. The number of nitrogens with zero attached hydrogens (tertiary/aromatic N) is 2. The lowest BCUT2D eigenvalue weighted by Gasteiger charge is -2.32. The van der Waals surface area contributed by atoms with Gasteiger partial charge in [0.15, 0.2) is 0 Å². The molecular weight excluding hydrogens is 218 g/mol. The zero-order valence-corrected chi connectivity index (χ0v) is 10.1. The molecule has 0 atom stereocenters. The van der Waals surface area contributed by atoms with Crippen molar-refractivity contribution in [3.8, 4) is 10.6 Å². The fourth-order valence-corrected chi connectivity index (χ4v) is 3.41. The summed E-state index contributed by atoms with van der Waals surface area (Å²) in [6.07, 6.45) is 2.56. The molecule has 16 heavy (non-hydrogen) atoms. The van der Waals surface area contributed by atoms with E-state index < -0.39 is 0 Å². The predicted octanol–water partition coefficient (Wildman–Crippen LogP) is 2.62. The molecule has 82 valence electrons. The number of nitrogen functional groups attached to an aromatic ring is 1. The van der Waals surface area contributed by atoms with E-state index in [2.05, 4.69) is 35.3 Å². The van der Waals surface area contributed by atoms with Crippen molar-refractivity contribution in [3.63, 3.8) is 0 Å². The Morgan fingerprint density at radius 1 is 1.38 bits per heavy atom. The Kier molecular flexibility index (Phi) is 1.86. The second-order valence-electron chi connectivity index (χ2n) is 4.82. The maximum atomic E-state index is 6.00. The van der Waals surface area contributed by atoms with Gasteiger partial charge in [-0.25, -0.2) is 9.97 Å². The Morgan fingerprint density at radius 3 is 3.00 bits per heavy atom. The lowest BCUT2D eigenvalue weighted by molar-refractivity contribution is 0.516. The van der Waals surface area contributed by atoms with E-state index in [0.29, 0.717) is 5.82 Å². The first-order chi connectivity index (χ1) is 7.59. The number of hydrogen-bond acceptors (Lipinski definition) is 4. The first kappa shape index (κ1) is 9.78. The molecule has 0 aliphatic heterocycles. The van der Waals surface area contributed by atoms with Crippen molar-refractivity contribution in [2.24, 2.45) is 0 Å². The van der Waals surface area contributed by atoms with E-state index in [9.17, 15) is 0 Å². The Morgan fingerprint density at radius 2 is 2.19 bits per heavy atom. The molecule has 1 aliphatic rings. The maximum absolute atomic E-state index is 6.00. The van der Waals surface area contributed by atoms with Crippen molar-refractivity contribution in [1.82, 2.24) is 9.97 Å². The van der Waals surface area contributed by atoms with Crippen LogP contribution in [0.4, 0.5) is 5.82 Å². The van der Waals surface area contributed by atoms with Crippen LogP contribution >= 0.6 is 11.3 Å². The van der Waals surface area contributed by atoms with E-state index >= 15 is 0 Å². The Balaban J connectivity index is 2.38. The van der Waals surface area contributed by atoms with Crippen molar-refractivity contribution in [3.05, 3.63) is 28.9 Å². The van der Waals surface area contributed by atoms with E-state index in [1.807, 2.05) is 0 Å². The molecule has 0 bridgehead atoms. The van der Waals surface area contributed by atoms with Gasteiger partial charge in [0, 0.05) is 5.56 Å². The molecule has 0 spiro atoms. The molecule has 2 aromatic rings. The highest BCUT2D eigenvalue weighted by Gasteiger charge is 2.34. The second-order valence-corrected chi connectivity index (χ2v) is 5.73. The van der Waals surface area contributed by atoms with Gasteiger partial charge >= 0.3 is 0 Å². The lowest BCUT2D eigenvalue weighted by Crippen LogP contribution is -2.27. The number of anilines is 1. The third kappa shape index (κ3) is 1.19. The number of thiophene rings is 1. The third-order valence-electron chi connectivity index (χ3n) is 3.15. The number of aromatic nitrogens is 2. The van der Waals surface area contributed by atoms with Gasteiger partial charge in [-0.3, -0.25) is 0 Å². The summed E-state index contributed by atoms with van der Waals surface area (Å²) in [4.78, 5) is 9.78. The van der Waals surface area contributed by atoms with Crippen LogP contribution in [0.15, 0.2) is 17.8 Å². The van der Waals surface area contributed by atoms with Gasteiger partial charge in [0.1, 0.15) is 12.1 Å². The van der Waals surface area contributed by atoms with Gasteiger partial charge in [0.05, 0.1) is 10.6 Å². The smallest absolute Gasteiger partial charge is 0.131 e. The highest BCUT2D eigenvalue weighted by molar-refractivity contribution is 7.13. The van der Waals surface area contributed by atoms with Crippen LogP contribution < -0.4 is 5.73 Å². The highest BCUT2D eigenvalue weighted by Crippen LogP contribution is 2.45. The third-order valence-corrected chi connectivity index (χ3v) is 4.11. The summed E-state index contributed by atoms with van der Waals surface area (Å²) in [6, 6.07) is 2.18. The average Bonchev–Trinajstić information content (AvgIpc) is 2.64. The molecule has 0 saturated carbocycles.